The number of hydrogen-bond acceptors (Lipinski definition) is 3. The number of carbonyl (C=O) groups excluding carboxylic acids is 1. The standard InChI is InChI=1S/C14H20F3NO3S/c15-14(16,17)10-3-1-9(2-4-10)7-11(19)18-13(12(20)21)5-6-22-8-13/h9-10H,1-8H2,(H,18,19)(H,20,21). The highest BCUT2D eigenvalue weighted by atomic mass is 32.2. The summed E-state index contributed by atoms with van der Waals surface area (Å²) in [5, 5.41) is 11.9. The van der Waals surface area contributed by atoms with Crippen LogP contribution in [0.3, 0.4) is 0 Å². The van der Waals surface area contributed by atoms with Crippen LogP contribution in [0.2, 0.25) is 0 Å². The van der Waals surface area contributed by atoms with Gasteiger partial charge in [0.25, 0.3) is 0 Å². The monoisotopic (exact) mass is 339 g/mol. The van der Waals surface area contributed by atoms with Gasteiger partial charge in [-0.1, -0.05) is 0 Å². The Morgan fingerprint density at radius 2 is 1.86 bits per heavy atom. The summed E-state index contributed by atoms with van der Waals surface area (Å²) >= 11 is 1.48. The van der Waals surface area contributed by atoms with Crippen LogP contribution in [0.15, 0.2) is 0 Å². The quantitative estimate of drug-likeness (QED) is 0.827. The van der Waals surface area contributed by atoms with Gasteiger partial charge in [-0.15, -0.1) is 0 Å². The van der Waals surface area contributed by atoms with Crippen LogP contribution in [0.25, 0.3) is 0 Å². The predicted molar refractivity (Wildman–Crippen MR) is 76.6 cm³/mol. The minimum atomic E-state index is -4.15. The molecule has 1 saturated carbocycles. The Bertz CT molecular complexity index is 428. The maximum atomic E-state index is 12.6. The SMILES string of the molecule is O=C(CC1CCC(C(F)(F)F)CC1)NC1(C(=O)O)CCSC1. The van der Waals surface area contributed by atoms with Gasteiger partial charge in [0.05, 0.1) is 5.92 Å². The van der Waals surface area contributed by atoms with Crippen LogP contribution >= 0.6 is 11.8 Å². The van der Waals surface area contributed by atoms with E-state index >= 15 is 0 Å². The van der Waals surface area contributed by atoms with E-state index in [4.69, 9.17) is 0 Å². The molecule has 4 nitrogen and oxygen atoms in total. The molecule has 2 fully saturated rings. The van der Waals surface area contributed by atoms with Crippen LogP contribution in [-0.2, 0) is 9.59 Å². The number of halogens is 3. The molecule has 0 aromatic carbocycles. The van der Waals surface area contributed by atoms with E-state index in [9.17, 15) is 27.9 Å². The van der Waals surface area contributed by atoms with Gasteiger partial charge in [-0.2, -0.15) is 24.9 Å². The van der Waals surface area contributed by atoms with Crippen molar-refractivity contribution >= 4 is 23.6 Å². The van der Waals surface area contributed by atoms with Crippen molar-refractivity contribution in [1.29, 1.82) is 0 Å². The topological polar surface area (TPSA) is 66.4 Å². The molecular weight excluding hydrogens is 319 g/mol. The van der Waals surface area contributed by atoms with Crippen molar-refractivity contribution in [2.45, 2.75) is 50.2 Å². The molecule has 2 aliphatic rings. The van der Waals surface area contributed by atoms with Gasteiger partial charge in [-0.05, 0) is 43.8 Å². The van der Waals surface area contributed by atoms with E-state index in [0.29, 0.717) is 30.8 Å². The van der Waals surface area contributed by atoms with E-state index in [0.717, 1.165) is 0 Å². The highest BCUT2D eigenvalue weighted by molar-refractivity contribution is 7.99. The van der Waals surface area contributed by atoms with E-state index in [2.05, 4.69) is 5.32 Å². The highest BCUT2D eigenvalue weighted by Gasteiger charge is 2.44. The summed E-state index contributed by atoms with van der Waals surface area (Å²) in [5.74, 6) is -1.72. The van der Waals surface area contributed by atoms with Gasteiger partial charge in [-0.3, -0.25) is 4.79 Å². The van der Waals surface area contributed by atoms with E-state index in [1.807, 2.05) is 0 Å². The summed E-state index contributed by atoms with van der Waals surface area (Å²) in [6, 6.07) is 0. The molecule has 126 valence electrons. The molecule has 22 heavy (non-hydrogen) atoms. The summed E-state index contributed by atoms with van der Waals surface area (Å²) in [6.07, 6.45) is -2.80. The smallest absolute Gasteiger partial charge is 0.391 e. The average Bonchev–Trinajstić information content (AvgIpc) is 2.88. The molecule has 8 heteroatoms. The number of alkyl halides is 3. The van der Waals surface area contributed by atoms with Crippen LogP contribution in [0.1, 0.15) is 38.5 Å². The van der Waals surface area contributed by atoms with Crippen molar-refractivity contribution in [3.8, 4) is 0 Å². The van der Waals surface area contributed by atoms with Crippen molar-refractivity contribution in [2.24, 2.45) is 11.8 Å². The maximum absolute atomic E-state index is 12.6. The summed E-state index contributed by atoms with van der Waals surface area (Å²) in [7, 11) is 0. The van der Waals surface area contributed by atoms with Gasteiger partial charge in [0.2, 0.25) is 5.91 Å². The normalized spacial score (nSPS) is 32.7. The molecule has 0 aromatic rings. The second-order valence-electron chi connectivity index (χ2n) is 6.20. The Labute approximate surface area is 131 Å². The van der Waals surface area contributed by atoms with Gasteiger partial charge in [-0.25, -0.2) is 4.79 Å². The molecule has 2 N–H and O–H groups in total. The minimum Gasteiger partial charge on any atom is -0.479 e. The molecule has 0 bridgehead atoms. The number of carboxylic acid groups (broad SMARTS) is 1. The molecule has 0 spiro atoms. The number of aliphatic carboxylic acids is 1. The minimum absolute atomic E-state index is 0.0569. The van der Waals surface area contributed by atoms with Crippen molar-refractivity contribution in [2.75, 3.05) is 11.5 Å². The number of nitrogens with one attached hydrogen (secondary N) is 1. The third-order valence-corrected chi connectivity index (χ3v) is 5.78. The number of amides is 1. The third-order valence-electron chi connectivity index (χ3n) is 4.59. The summed E-state index contributed by atoms with van der Waals surface area (Å²) < 4.78 is 37.8. The third kappa shape index (κ3) is 4.08. The Morgan fingerprint density at radius 1 is 1.23 bits per heavy atom. The summed E-state index contributed by atoms with van der Waals surface area (Å²) in [5.41, 5.74) is -1.20. The molecule has 1 heterocycles. The van der Waals surface area contributed by atoms with Crippen LogP contribution in [-0.4, -0.2) is 40.2 Å². The fourth-order valence-electron chi connectivity index (χ4n) is 3.16. The van der Waals surface area contributed by atoms with Crippen LogP contribution in [0, 0.1) is 11.8 Å². The van der Waals surface area contributed by atoms with E-state index < -0.39 is 23.6 Å². The van der Waals surface area contributed by atoms with Crippen LogP contribution in [0.4, 0.5) is 13.2 Å². The fourth-order valence-corrected chi connectivity index (χ4v) is 4.49. The van der Waals surface area contributed by atoms with Gasteiger partial charge in [0.15, 0.2) is 0 Å². The Balaban J connectivity index is 1.82. The zero-order chi connectivity index (χ0) is 16.4. The first-order valence-electron chi connectivity index (χ1n) is 7.42. The number of carbonyl (C=O) groups is 2. The van der Waals surface area contributed by atoms with E-state index in [1.54, 1.807) is 0 Å². The summed E-state index contributed by atoms with van der Waals surface area (Å²) in [4.78, 5) is 23.4. The molecule has 0 aromatic heterocycles. The maximum Gasteiger partial charge on any atom is 0.391 e. The van der Waals surface area contributed by atoms with Gasteiger partial charge < -0.3 is 10.4 Å². The number of rotatable bonds is 4. The van der Waals surface area contributed by atoms with Crippen LogP contribution < -0.4 is 5.32 Å². The van der Waals surface area contributed by atoms with Crippen molar-refractivity contribution in [3.63, 3.8) is 0 Å². The fraction of sp³-hybridized carbons (Fsp3) is 0.857. The van der Waals surface area contributed by atoms with Crippen molar-refractivity contribution in [3.05, 3.63) is 0 Å². The highest BCUT2D eigenvalue weighted by Crippen LogP contribution is 2.40. The molecular formula is C14H20F3NO3S. The lowest BCUT2D eigenvalue weighted by Crippen LogP contribution is -2.55. The molecule has 1 aliphatic carbocycles. The van der Waals surface area contributed by atoms with Crippen molar-refractivity contribution in [1.82, 2.24) is 5.32 Å². The van der Waals surface area contributed by atoms with Gasteiger partial charge in [0, 0.05) is 12.2 Å². The lowest BCUT2D eigenvalue weighted by Gasteiger charge is -2.30. The molecule has 1 saturated heterocycles. The zero-order valence-corrected chi connectivity index (χ0v) is 12.9. The molecule has 1 unspecified atom stereocenters. The molecule has 1 amide bonds. The van der Waals surface area contributed by atoms with Gasteiger partial charge in [0.1, 0.15) is 5.54 Å². The van der Waals surface area contributed by atoms with Crippen molar-refractivity contribution < 1.29 is 27.9 Å². The lowest BCUT2D eigenvalue weighted by molar-refractivity contribution is -0.184. The van der Waals surface area contributed by atoms with E-state index in [-0.39, 0.29) is 31.1 Å². The summed E-state index contributed by atoms with van der Waals surface area (Å²) in [6.45, 7) is 0. The van der Waals surface area contributed by atoms with Crippen LogP contribution in [0.5, 0.6) is 0 Å². The lowest BCUT2D eigenvalue weighted by atomic mass is 9.80. The second kappa shape index (κ2) is 6.68. The molecule has 1 aliphatic heterocycles. The average molecular weight is 339 g/mol. The first-order valence-corrected chi connectivity index (χ1v) is 8.57. The first kappa shape index (κ1) is 17.4. The largest absolute Gasteiger partial charge is 0.479 e. The second-order valence-corrected chi connectivity index (χ2v) is 7.31. The molecule has 2 rings (SSSR count). The first-order chi connectivity index (χ1) is 10.2. The number of carboxylic acids is 1. The Morgan fingerprint density at radius 3 is 2.32 bits per heavy atom. The Kier molecular flexibility index (Phi) is 5.29. The zero-order valence-electron chi connectivity index (χ0n) is 12.1. The van der Waals surface area contributed by atoms with Gasteiger partial charge >= 0.3 is 12.1 Å². The molecule has 1 atom stereocenters. The molecule has 0 radical (unpaired) electrons. The number of thioether (sulfide) groups is 1. The van der Waals surface area contributed by atoms with E-state index in [1.165, 1.54) is 11.8 Å². The number of hydrogen-bond donors (Lipinski definition) is 2. The predicted octanol–water partition coefficient (Wildman–Crippen LogP) is 2.82. The Hall–Kier alpha value is -0.920.